The second-order valence-electron chi connectivity index (χ2n) is 11.9. The summed E-state index contributed by atoms with van der Waals surface area (Å²) in [5, 5.41) is 3.12. The fourth-order valence-corrected chi connectivity index (χ4v) is 6.96. The van der Waals surface area contributed by atoms with Crippen LogP contribution < -0.4 is 14.8 Å². The van der Waals surface area contributed by atoms with Gasteiger partial charge in [-0.3, -0.25) is 9.59 Å². The first-order valence-corrected chi connectivity index (χ1v) is 17.3. The van der Waals surface area contributed by atoms with Crippen LogP contribution in [-0.2, 0) is 32.6 Å². The zero-order valence-corrected chi connectivity index (χ0v) is 26.7. The molecule has 45 heavy (non-hydrogen) atoms. The Kier molecular flexibility index (Phi) is 11.1. The summed E-state index contributed by atoms with van der Waals surface area (Å²) < 4.78 is 33.2. The van der Waals surface area contributed by atoms with Gasteiger partial charge in [0.2, 0.25) is 21.8 Å². The van der Waals surface area contributed by atoms with Gasteiger partial charge in [-0.05, 0) is 92.3 Å². The monoisotopic (exact) mass is 629 g/mol. The van der Waals surface area contributed by atoms with Crippen molar-refractivity contribution in [2.24, 2.45) is 0 Å². The lowest BCUT2D eigenvalue weighted by Crippen LogP contribution is -2.43. The van der Waals surface area contributed by atoms with Crippen LogP contribution in [0.5, 0.6) is 5.75 Å². The number of nitrogens with one attached hydrogen (secondary N) is 2. The van der Waals surface area contributed by atoms with Crippen molar-refractivity contribution in [1.29, 1.82) is 0 Å². The lowest BCUT2D eigenvalue weighted by Gasteiger charge is -2.32. The number of hydrogen-bond acceptors (Lipinski definition) is 5. The van der Waals surface area contributed by atoms with Gasteiger partial charge in [0.05, 0.1) is 12.0 Å². The summed E-state index contributed by atoms with van der Waals surface area (Å²) in [6.07, 6.45) is 9.97. The Morgan fingerprint density at radius 3 is 2.27 bits per heavy atom. The van der Waals surface area contributed by atoms with Crippen molar-refractivity contribution in [1.82, 2.24) is 14.9 Å². The number of amides is 2. The minimum Gasteiger partial charge on any atom is -0.497 e. The summed E-state index contributed by atoms with van der Waals surface area (Å²) in [6, 6.07) is 22.8. The summed E-state index contributed by atoms with van der Waals surface area (Å²) in [5.74, 6) is 0.331. The molecule has 5 rings (SSSR count). The Morgan fingerprint density at radius 2 is 1.62 bits per heavy atom. The molecular weight excluding hydrogens is 586 g/mol. The number of aryl methyl sites for hydroxylation is 1. The quantitative estimate of drug-likeness (QED) is 0.206. The predicted octanol–water partition coefficient (Wildman–Crippen LogP) is 5.85. The van der Waals surface area contributed by atoms with E-state index in [-0.39, 0.29) is 35.7 Å². The molecule has 0 spiro atoms. The van der Waals surface area contributed by atoms with E-state index >= 15 is 0 Å². The summed E-state index contributed by atoms with van der Waals surface area (Å²) in [5.41, 5.74) is 3.85. The number of rotatable bonds is 15. The van der Waals surface area contributed by atoms with Crippen molar-refractivity contribution < 1.29 is 22.7 Å². The molecule has 0 bridgehead atoms. The van der Waals surface area contributed by atoms with Crippen LogP contribution in [0, 0.1) is 0 Å². The average molecular weight is 630 g/mol. The molecule has 0 aliphatic heterocycles. The summed E-state index contributed by atoms with van der Waals surface area (Å²) in [6.45, 7) is 0.758. The van der Waals surface area contributed by atoms with Gasteiger partial charge < -0.3 is 15.0 Å². The molecule has 0 unspecified atom stereocenters. The average Bonchev–Trinajstić information content (AvgIpc) is 3.88. The standard InChI is InChI=1S/C36H43N3O5S/c1-44-32-19-12-29(13-20-32)26-39(34(40)23-16-28-14-21-33(22-15-28)45(42,43)38-31-17-18-31)35(30-10-6-3-7-11-30)36(41)37-25-24-27-8-4-2-5-9-27/h3,6-8,10-15,19-22,31,35,38H,2,4-5,9,16-18,23-26H2,1H3,(H,37,41)/t35-/m1/s1. The van der Waals surface area contributed by atoms with E-state index in [9.17, 15) is 18.0 Å². The van der Waals surface area contributed by atoms with Crippen molar-refractivity contribution in [3.63, 3.8) is 0 Å². The minimum atomic E-state index is -3.55. The highest BCUT2D eigenvalue weighted by molar-refractivity contribution is 7.89. The molecule has 3 aromatic rings. The molecule has 9 heteroatoms. The number of ether oxygens (including phenoxy) is 1. The highest BCUT2D eigenvalue weighted by Gasteiger charge is 2.32. The van der Waals surface area contributed by atoms with Crippen LogP contribution in [0.2, 0.25) is 0 Å². The molecule has 2 amide bonds. The number of allylic oxidation sites excluding steroid dienone is 1. The van der Waals surface area contributed by atoms with Gasteiger partial charge in [0, 0.05) is 25.6 Å². The SMILES string of the molecule is COc1ccc(CN(C(=O)CCc2ccc(S(=O)(=O)NC3CC3)cc2)[C@@H](C(=O)NCCC2=CCCCC2)c2ccccc2)cc1. The van der Waals surface area contributed by atoms with Crippen LogP contribution in [0.1, 0.15) is 74.1 Å². The van der Waals surface area contributed by atoms with E-state index < -0.39 is 16.1 Å². The lowest BCUT2D eigenvalue weighted by molar-refractivity contribution is -0.141. The summed E-state index contributed by atoms with van der Waals surface area (Å²) >= 11 is 0. The highest BCUT2D eigenvalue weighted by atomic mass is 32.2. The number of methoxy groups -OCH3 is 1. The zero-order valence-electron chi connectivity index (χ0n) is 25.9. The first-order valence-electron chi connectivity index (χ1n) is 15.9. The van der Waals surface area contributed by atoms with Gasteiger partial charge in [-0.15, -0.1) is 0 Å². The number of carbonyl (C=O) groups is 2. The Balaban J connectivity index is 1.34. The van der Waals surface area contributed by atoms with E-state index in [2.05, 4.69) is 16.1 Å². The van der Waals surface area contributed by atoms with E-state index in [1.165, 1.54) is 18.4 Å². The number of hydrogen-bond donors (Lipinski definition) is 2. The molecule has 238 valence electrons. The largest absolute Gasteiger partial charge is 0.497 e. The van der Waals surface area contributed by atoms with Crippen LogP contribution in [0.15, 0.2) is 95.4 Å². The fourth-order valence-electron chi connectivity index (χ4n) is 5.65. The Hall–Kier alpha value is -3.95. The van der Waals surface area contributed by atoms with E-state index in [1.807, 2.05) is 54.6 Å². The third-order valence-electron chi connectivity index (χ3n) is 8.40. The molecule has 0 radical (unpaired) electrons. The number of sulfonamides is 1. The zero-order chi connectivity index (χ0) is 31.6. The summed E-state index contributed by atoms with van der Waals surface area (Å²) in [4.78, 5) is 29.8. The maximum Gasteiger partial charge on any atom is 0.247 e. The van der Waals surface area contributed by atoms with Crippen LogP contribution in [0.4, 0.5) is 0 Å². The molecule has 2 aliphatic rings. The highest BCUT2D eigenvalue weighted by Crippen LogP contribution is 2.27. The van der Waals surface area contributed by atoms with Gasteiger partial charge in [-0.1, -0.05) is 66.2 Å². The van der Waals surface area contributed by atoms with E-state index in [0.29, 0.717) is 18.7 Å². The molecule has 0 aromatic heterocycles. The third-order valence-corrected chi connectivity index (χ3v) is 9.93. The molecule has 1 atom stereocenters. The maximum atomic E-state index is 14.0. The van der Waals surface area contributed by atoms with Crippen molar-refractivity contribution in [2.45, 2.75) is 81.3 Å². The molecule has 2 aliphatic carbocycles. The number of benzene rings is 3. The van der Waals surface area contributed by atoms with Crippen molar-refractivity contribution in [3.05, 3.63) is 107 Å². The second-order valence-corrected chi connectivity index (χ2v) is 13.6. The van der Waals surface area contributed by atoms with Crippen LogP contribution >= 0.6 is 0 Å². The van der Waals surface area contributed by atoms with E-state index in [1.54, 1.807) is 36.3 Å². The van der Waals surface area contributed by atoms with Crippen LogP contribution in [0.3, 0.4) is 0 Å². The van der Waals surface area contributed by atoms with Gasteiger partial charge in [0.15, 0.2) is 0 Å². The van der Waals surface area contributed by atoms with Gasteiger partial charge in [-0.25, -0.2) is 13.1 Å². The Morgan fingerprint density at radius 1 is 0.911 bits per heavy atom. The predicted molar refractivity (Wildman–Crippen MR) is 175 cm³/mol. The Bertz CT molecular complexity index is 1570. The third kappa shape index (κ3) is 9.28. The molecular formula is C36H43N3O5S. The topological polar surface area (TPSA) is 105 Å². The second kappa shape index (κ2) is 15.4. The van der Waals surface area contributed by atoms with Gasteiger partial charge in [0.1, 0.15) is 11.8 Å². The smallest absolute Gasteiger partial charge is 0.247 e. The van der Waals surface area contributed by atoms with Crippen molar-refractivity contribution in [3.8, 4) is 5.75 Å². The first-order chi connectivity index (χ1) is 21.8. The van der Waals surface area contributed by atoms with Gasteiger partial charge >= 0.3 is 0 Å². The first kappa shape index (κ1) is 32.4. The molecule has 0 heterocycles. The number of carbonyl (C=O) groups excluding carboxylic acids is 2. The van der Waals surface area contributed by atoms with Gasteiger partial charge in [-0.2, -0.15) is 0 Å². The van der Waals surface area contributed by atoms with Crippen LogP contribution in [0.25, 0.3) is 0 Å². The molecule has 8 nitrogen and oxygen atoms in total. The molecule has 1 fully saturated rings. The molecule has 3 aromatic carbocycles. The fraction of sp³-hybridized carbons (Fsp3) is 0.389. The van der Waals surface area contributed by atoms with Crippen molar-refractivity contribution >= 4 is 21.8 Å². The number of nitrogens with zero attached hydrogens (tertiary/aromatic N) is 1. The van der Waals surface area contributed by atoms with Crippen LogP contribution in [-0.4, -0.2) is 44.8 Å². The lowest BCUT2D eigenvalue weighted by atomic mass is 9.97. The molecule has 1 saturated carbocycles. The van der Waals surface area contributed by atoms with E-state index in [0.717, 1.165) is 48.8 Å². The Labute approximate surface area is 266 Å². The van der Waals surface area contributed by atoms with E-state index in [4.69, 9.17) is 4.74 Å². The molecule has 0 saturated heterocycles. The molecule has 2 N–H and O–H groups in total. The van der Waals surface area contributed by atoms with Gasteiger partial charge in [0.25, 0.3) is 0 Å². The van der Waals surface area contributed by atoms with Crippen molar-refractivity contribution in [2.75, 3.05) is 13.7 Å². The maximum absolute atomic E-state index is 14.0. The summed E-state index contributed by atoms with van der Waals surface area (Å²) in [7, 11) is -1.94. The normalized spacial score (nSPS) is 15.5. The minimum absolute atomic E-state index is 0.0306.